The summed E-state index contributed by atoms with van der Waals surface area (Å²) < 4.78 is 12.8. The smallest absolute Gasteiger partial charge is 0.0676 e. The number of hydrogen-bond donors (Lipinski definition) is 0. The molecule has 1 unspecified atom stereocenters. The Morgan fingerprint density at radius 1 is 0.636 bits per heavy atom. The van der Waals surface area contributed by atoms with Gasteiger partial charge in [-0.3, -0.25) is 0 Å². The Morgan fingerprint density at radius 2 is 1.05 bits per heavy atom. The summed E-state index contributed by atoms with van der Waals surface area (Å²) in [5.74, 6) is 0.697. The van der Waals surface area contributed by atoms with Crippen molar-refractivity contribution in [3.8, 4) is 0 Å². The molecule has 0 radical (unpaired) electrons. The van der Waals surface area contributed by atoms with Crippen molar-refractivity contribution in [3.05, 3.63) is 91.0 Å². The zero-order valence-electron chi connectivity index (χ0n) is 12.2. The van der Waals surface area contributed by atoms with Gasteiger partial charge in [0, 0.05) is 7.92 Å². The number of hydrogen-bond acceptors (Lipinski definition) is 1. The Morgan fingerprint density at radius 3 is 1.50 bits per heavy atom. The molecule has 0 heterocycles. The molecule has 22 heavy (non-hydrogen) atoms. The van der Waals surface area contributed by atoms with Gasteiger partial charge in [0.1, 0.15) is 0 Å². The molecule has 0 saturated heterocycles. The molecule has 0 amide bonds. The summed E-state index contributed by atoms with van der Waals surface area (Å²) in [5, 5.41) is 3.50. The van der Waals surface area contributed by atoms with Gasteiger partial charge in [0.2, 0.25) is 0 Å². The van der Waals surface area contributed by atoms with E-state index in [-0.39, 0.29) is 0 Å². The minimum atomic E-state index is -1.38. The van der Waals surface area contributed by atoms with Gasteiger partial charge in [0.25, 0.3) is 0 Å². The zero-order valence-corrected chi connectivity index (χ0v) is 14.0. The summed E-state index contributed by atoms with van der Waals surface area (Å²) in [4.78, 5) is 0. The highest BCUT2D eigenvalue weighted by Gasteiger charge is 2.27. The SMILES string of the molecule is O=[P+](CP(c1ccccc1)c1ccccc1)c1ccccc1. The maximum atomic E-state index is 12.8. The average molecular weight is 323 g/mol. The van der Waals surface area contributed by atoms with Gasteiger partial charge < -0.3 is 0 Å². The van der Waals surface area contributed by atoms with Gasteiger partial charge in [0.15, 0.2) is 11.2 Å². The Bertz CT molecular complexity index is 688. The van der Waals surface area contributed by atoms with Crippen molar-refractivity contribution in [3.63, 3.8) is 0 Å². The predicted molar refractivity (Wildman–Crippen MR) is 97.6 cm³/mol. The van der Waals surface area contributed by atoms with Crippen LogP contribution in [0.1, 0.15) is 0 Å². The molecule has 0 saturated carbocycles. The van der Waals surface area contributed by atoms with Gasteiger partial charge in [-0.25, -0.2) is 0 Å². The quantitative estimate of drug-likeness (QED) is 0.642. The van der Waals surface area contributed by atoms with Crippen LogP contribution in [0.3, 0.4) is 0 Å². The van der Waals surface area contributed by atoms with Crippen LogP contribution in [-0.2, 0) is 4.57 Å². The summed E-state index contributed by atoms with van der Waals surface area (Å²) in [7, 11) is -1.98. The van der Waals surface area contributed by atoms with Crippen molar-refractivity contribution in [2.75, 3.05) is 5.90 Å². The highest BCUT2D eigenvalue weighted by molar-refractivity contribution is 7.82. The summed E-state index contributed by atoms with van der Waals surface area (Å²) in [5.41, 5.74) is 0. The third-order valence-electron chi connectivity index (χ3n) is 3.45. The van der Waals surface area contributed by atoms with E-state index in [1.807, 2.05) is 42.5 Å². The van der Waals surface area contributed by atoms with Gasteiger partial charge in [0.05, 0.1) is 0 Å². The number of benzene rings is 3. The minimum absolute atomic E-state index is 0.598. The zero-order chi connectivity index (χ0) is 15.2. The van der Waals surface area contributed by atoms with Crippen molar-refractivity contribution < 1.29 is 4.57 Å². The third kappa shape index (κ3) is 3.69. The molecule has 0 aromatic heterocycles. The molecule has 3 heteroatoms. The lowest BCUT2D eigenvalue weighted by Gasteiger charge is -2.13. The second-order valence-electron chi connectivity index (χ2n) is 4.95. The molecule has 0 aliphatic carbocycles. The van der Waals surface area contributed by atoms with E-state index in [1.165, 1.54) is 10.6 Å². The van der Waals surface area contributed by atoms with Crippen molar-refractivity contribution >= 4 is 31.6 Å². The fraction of sp³-hybridized carbons (Fsp3) is 0.0526. The first-order valence-corrected chi connectivity index (χ1v) is 10.2. The Balaban J connectivity index is 1.91. The van der Waals surface area contributed by atoms with Crippen LogP contribution in [-0.4, -0.2) is 5.90 Å². The van der Waals surface area contributed by atoms with E-state index in [0.29, 0.717) is 5.90 Å². The Kier molecular flexibility index (Phi) is 5.11. The van der Waals surface area contributed by atoms with Crippen LogP contribution >= 0.6 is 15.7 Å². The Hall–Kier alpha value is -1.81. The maximum Gasteiger partial charge on any atom is 0.381 e. The Labute approximate surface area is 133 Å². The van der Waals surface area contributed by atoms with Crippen molar-refractivity contribution in [1.29, 1.82) is 0 Å². The molecular weight excluding hydrogens is 306 g/mol. The first kappa shape index (κ1) is 15.1. The molecule has 0 N–H and O–H groups in total. The minimum Gasteiger partial charge on any atom is -0.0676 e. The monoisotopic (exact) mass is 323 g/mol. The van der Waals surface area contributed by atoms with E-state index in [9.17, 15) is 4.57 Å². The van der Waals surface area contributed by atoms with Crippen molar-refractivity contribution in [1.82, 2.24) is 0 Å². The van der Waals surface area contributed by atoms with Gasteiger partial charge in [-0.1, -0.05) is 83.4 Å². The van der Waals surface area contributed by atoms with Gasteiger partial charge in [-0.15, -0.1) is 0 Å². The molecule has 0 spiro atoms. The highest BCUT2D eigenvalue weighted by Crippen LogP contribution is 2.42. The molecule has 0 aliphatic rings. The van der Waals surface area contributed by atoms with Crippen LogP contribution in [0.4, 0.5) is 0 Å². The average Bonchev–Trinajstić information content (AvgIpc) is 2.62. The van der Waals surface area contributed by atoms with Crippen LogP contribution in [0.15, 0.2) is 91.0 Å². The third-order valence-corrected chi connectivity index (χ3v) is 8.33. The first-order valence-electron chi connectivity index (χ1n) is 7.22. The summed E-state index contributed by atoms with van der Waals surface area (Å²) in [6.07, 6.45) is 0. The molecule has 0 fully saturated rings. The van der Waals surface area contributed by atoms with Gasteiger partial charge in [-0.05, 0) is 22.7 Å². The lowest BCUT2D eigenvalue weighted by molar-refractivity contribution is 0.595. The van der Waals surface area contributed by atoms with Crippen LogP contribution in [0, 0.1) is 0 Å². The second-order valence-corrected chi connectivity index (χ2v) is 9.25. The van der Waals surface area contributed by atoms with E-state index in [0.717, 1.165) is 5.30 Å². The van der Waals surface area contributed by atoms with Crippen molar-refractivity contribution in [2.24, 2.45) is 0 Å². The van der Waals surface area contributed by atoms with Gasteiger partial charge in [-0.2, -0.15) is 0 Å². The van der Waals surface area contributed by atoms with Crippen LogP contribution in [0.5, 0.6) is 0 Å². The summed E-state index contributed by atoms with van der Waals surface area (Å²) >= 11 is 0. The van der Waals surface area contributed by atoms with E-state index >= 15 is 0 Å². The molecule has 3 rings (SSSR count). The molecule has 1 atom stereocenters. The lowest BCUT2D eigenvalue weighted by atomic mass is 10.4. The van der Waals surface area contributed by atoms with Crippen LogP contribution in [0.25, 0.3) is 0 Å². The summed E-state index contributed by atoms with van der Waals surface area (Å²) in [6.45, 7) is 0. The molecular formula is C19H17OP2+. The van der Waals surface area contributed by atoms with E-state index in [1.54, 1.807) is 0 Å². The predicted octanol–water partition coefficient (Wildman–Crippen LogP) is 4.23. The van der Waals surface area contributed by atoms with E-state index in [2.05, 4.69) is 48.5 Å². The van der Waals surface area contributed by atoms with E-state index in [4.69, 9.17) is 0 Å². The molecule has 3 aromatic carbocycles. The van der Waals surface area contributed by atoms with Crippen LogP contribution in [0.2, 0.25) is 0 Å². The van der Waals surface area contributed by atoms with Crippen LogP contribution < -0.4 is 15.9 Å². The normalized spacial score (nSPS) is 11.4. The molecule has 1 nitrogen and oxygen atoms in total. The lowest BCUT2D eigenvalue weighted by Crippen LogP contribution is -2.14. The van der Waals surface area contributed by atoms with E-state index < -0.39 is 15.7 Å². The maximum absolute atomic E-state index is 12.8. The fourth-order valence-electron chi connectivity index (χ4n) is 2.33. The molecule has 108 valence electrons. The standard InChI is InChI=1S/C19H17OP2/c20-22(19-14-8-3-9-15-19)16-21(17-10-4-1-5-11-17)18-12-6-2-7-13-18/h1-15H,16H2/q+1. The molecule has 0 aliphatic heterocycles. The second kappa shape index (κ2) is 7.45. The topological polar surface area (TPSA) is 17.1 Å². The summed E-state index contributed by atoms with van der Waals surface area (Å²) in [6, 6.07) is 30.7. The first-order chi connectivity index (χ1) is 10.8. The fourth-order valence-corrected chi connectivity index (χ4v) is 7.19. The largest absolute Gasteiger partial charge is 0.381 e. The molecule has 3 aromatic rings. The molecule has 0 bridgehead atoms. The van der Waals surface area contributed by atoms with Crippen molar-refractivity contribution in [2.45, 2.75) is 0 Å². The highest BCUT2D eigenvalue weighted by atomic mass is 31.2. The van der Waals surface area contributed by atoms with Gasteiger partial charge >= 0.3 is 7.80 Å². The number of rotatable bonds is 5.